The van der Waals surface area contributed by atoms with Crippen LogP contribution in [0.1, 0.15) is 26.2 Å². The van der Waals surface area contributed by atoms with Gasteiger partial charge in [-0.3, -0.25) is 9.36 Å². The first-order valence-electron chi connectivity index (χ1n) is 10.1. The Labute approximate surface area is 174 Å². The van der Waals surface area contributed by atoms with Gasteiger partial charge in [0.05, 0.1) is 24.2 Å². The Morgan fingerprint density at radius 3 is 2.62 bits per heavy atom. The molecule has 4 rings (SSSR count). The van der Waals surface area contributed by atoms with Gasteiger partial charge >= 0.3 is 0 Å². The number of nitrogens with zero attached hydrogens (tertiary/aromatic N) is 5. The molecule has 1 amide bonds. The van der Waals surface area contributed by atoms with Crippen molar-refractivity contribution in [3.05, 3.63) is 30.1 Å². The number of hydrogen-bond acceptors (Lipinski definition) is 6. The van der Waals surface area contributed by atoms with Gasteiger partial charge in [0.25, 0.3) is 0 Å². The number of anilines is 1. The van der Waals surface area contributed by atoms with E-state index in [-0.39, 0.29) is 17.0 Å². The predicted octanol–water partition coefficient (Wildman–Crippen LogP) is 2.74. The molecule has 0 saturated carbocycles. The standard InChI is InChI=1S/C20H26FN5O2S/c1-15(18(27)24-8-3-2-4-9-24)29-20-23-22-19(25-10-12-28-13-11-25)26(20)17-7-5-6-16(21)14-17/h5-7,14-15H,2-4,8-13H2,1H3/t15-/m1/s1. The van der Waals surface area contributed by atoms with E-state index in [0.717, 1.165) is 25.9 Å². The van der Waals surface area contributed by atoms with E-state index in [0.29, 0.717) is 43.1 Å². The van der Waals surface area contributed by atoms with Crippen LogP contribution >= 0.6 is 11.8 Å². The van der Waals surface area contributed by atoms with E-state index in [1.165, 1.54) is 30.3 Å². The Balaban J connectivity index is 1.62. The second-order valence-corrected chi connectivity index (χ2v) is 8.65. The third kappa shape index (κ3) is 4.56. The highest BCUT2D eigenvalue weighted by atomic mass is 32.2. The largest absolute Gasteiger partial charge is 0.378 e. The minimum Gasteiger partial charge on any atom is -0.378 e. The maximum atomic E-state index is 13.9. The molecule has 156 valence electrons. The highest BCUT2D eigenvalue weighted by Gasteiger charge is 2.27. The van der Waals surface area contributed by atoms with E-state index in [2.05, 4.69) is 15.1 Å². The minimum atomic E-state index is -0.322. The Morgan fingerprint density at radius 2 is 1.90 bits per heavy atom. The van der Waals surface area contributed by atoms with Crippen LogP contribution in [0, 0.1) is 5.82 Å². The van der Waals surface area contributed by atoms with Crippen LogP contribution in [0.15, 0.2) is 29.4 Å². The van der Waals surface area contributed by atoms with Gasteiger partial charge in [0.15, 0.2) is 5.16 Å². The molecule has 0 radical (unpaired) electrons. The lowest BCUT2D eigenvalue weighted by atomic mass is 10.1. The van der Waals surface area contributed by atoms with E-state index in [1.54, 1.807) is 6.07 Å². The van der Waals surface area contributed by atoms with Crippen LogP contribution in [0.4, 0.5) is 10.3 Å². The van der Waals surface area contributed by atoms with E-state index >= 15 is 0 Å². The summed E-state index contributed by atoms with van der Waals surface area (Å²) in [5.74, 6) is 0.452. The second kappa shape index (κ2) is 9.13. The number of amides is 1. The molecule has 2 aliphatic heterocycles. The Kier molecular flexibility index (Phi) is 6.34. The Hall–Kier alpha value is -2.13. The zero-order chi connectivity index (χ0) is 20.2. The number of aromatic nitrogens is 3. The van der Waals surface area contributed by atoms with E-state index in [9.17, 15) is 9.18 Å². The first-order chi connectivity index (χ1) is 14.1. The lowest BCUT2D eigenvalue weighted by molar-refractivity contribution is -0.131. The fraction of sp³-hybridized carbons (Fsp3) is 0.550. The monoisotopic (exact) mass is 419 g/mol. The molecule has 3 heterocycles. The molecule has 0 bridgehead atoms. The highest BCUT2D eigenvalue weighted by Crippen LogP contribution is 2.31. The minimum absolute atomic E-state index is 0.122. The van der Waals surface area contributed by atoms with E-state index < -0.39 is 0 Å². The van der Waals surface area contributed by atoms with Crippen molar-refractivity contribution in [2.75, 3.05) is 44.3 Å². The number of piperidine rings is 1. The van der Waals surface area contributed by atoms with E-state index in [4.69, 9.17) is 4.74 Å². The summed E-state index contributed by atoms with van der Waals surface area (Å²) in [7, 11) is 0. The SMILES string of the molecule is C[C@@H](Sc1nnc(N2CCOCC2)n1-c1cccc(F)c1)C(=O)N1CCCCC1. The fourth-order valence-electron chi connectivity index (χ4n) is 3.73. The number of carbonyl (C=O) groups is 1. The normalized spacial score (nSPS) is 18.7. The Morgan fingerprint density at radius 1 is 1.14 bits per heavy atom. The summed E-state index contributed by atoms with van der Waals surface area (Å²) in [6, 6.07) is 6.38. The molecule has 0 spiro atoms. The fourth-order valence-corrected chi connectivity index (χ4v) is 4.67. The number of hydrogen-bond donors (Lipinski definition) is 0. The number of rotatable bonds is 5. The topological polar surface area (TPSA) is 63.5 Å². The number of thioether (sulfide) groups is 1. The lowest BCUT2D eigenvalue weighted by Gasteiger charge is -2.29. The number of ether oxygens (including phenoxy) is 1. The molecule has 2 saturated heterocycles. The third-order valence-corrected chi connectivity index (χ3v) is 6.30. The number of morpholine rings is 1. The summed E-state index contributed by atoms with van der Waals surface area (Å²) >= 11 is 1.38. The number of carbonyl (C=O) groups excluding carboxylic acids is 1. The van der Waals surface area contributed by atoms with Gasteiger partial charge in [-0.15, -0.1) is 10.2 Å². The van der Waals surface area contributed by atoms with Crippen LogP contribution in [-0.4, -0.2) is 70.2 Å². The molecule has 1 aromatic carbocycles. The maximum absolute atomic E-state index is 13.9. The zero-order valence-corrected chi connectivity index (χ0v) is 17.4. The summed E-state index contributed by atoms with van der Waals surface area (Å²) in [6.07, 6.45) is 3.30. The van der Waals surface area contributed by atoms with Crippen LogP contribution in [-0.2, 0) is 9.53 Å². The summed E-state index contributed by atoms with van der Waals surface area (Å²) in [6.45, 7) is 6.16. The van der Waals surface area contributed by atoms with Crippen molar-refractivity contribution < 1.29 is 13.9 Å². The molecule has 2 fully saturated rings. The van der Waals surface area contributed by atoms with Gasteiger partial charge in [-0.2, -0.15) is 0 Å². The summed E-state index contributed by atoms with van der Waals surface area (Å²) in [5.41, 5.74) is 0.650. The van der Waals surface area contributed by atoms with Crippen LogP contribution in [0.2, 0.25) is 0 Å². The molecule has 29 heavy (non-hydrogen) atoms. The molecular weight excluding hydrogens is 393 g/mol. The second-order valence-electron chi connectivity index (χ2n) is 7.34. The van der Waals surface area contributed by atoms with Crippen molar-refractivity contribution in [2.24, 2.45) is 0 Å². The molecule has 7 nitrogen and oxygen atoms in total. The van der Waals surface area contributed by atoms with Gasteiger partial charge in [0.2, 0.25) is 11.9 Å². The molecule has 2 aromatic rings. The summed E-state index contributed by atoms with van der Waals surface area (Å²) in [5, 5.41) is 9.05. The van der Waals surface area contributed by atoms with Gasteiger partial charge in [-0.05, 0) is 44.4 Å². The van der Waals surface area contributed by atoms with Crippen LogP contribution < -0.4 is 4.90 Å². The van der Waals surface area contributed by atoms with Gasteiger partial charge in [-0.25, -0.2) is 4.39 Å². The molecule has 0 aliphatic carbocycles. The van der Waals surface area contributed by atoms with Crippen LogP contribution in [0.5, 0.6) is 0 Å². The van der Waals surface area contributed by atoms with Crippen molar-refractivity contribution in [1.29, 1.82) is 0 Å². The molecule has 2 aliphatic rings. The van der Waals surface area contributed by atoms with Crippen LogP contribution in [0.3, 0.4) is 0 Å². The number of halogens is 1. The van der Waals surface area contributed by atoms with Crippen molar-refractivity contribution in [1.82, 2.24) is 19.7 Å². The first kappa shape index (κ1) is 20.2. The van der Waals surface area contributed by atoms with Crippen molar-refractivity contribution >= 4 is 23.6 Å². The molecular formula is C20H26FN5O2S. The maximum Gasteiger partial charge on any atom is 0.235 e. The van der Waals surface area contributed by atoms with Gasteiger partial charge in [0.1, 0.15) is 5.82 Å². The van der Waals surface area contributed by atoms with Crippen molar-refractivity contribution in [3.8, 4) is 5.69 Å². The van der Waals surface area contributed by atoms with E-state index in [1.807, 2.05) is 22.5 Å². The van der Waals surface area contributed by atoms with Gasteiger partial charge < -0.3 is 14.5 Å². The molecule has 9 heteroatoms. The van der Waals surface area contributed by atoms with Gasteiger partial charge in [-0.1, -0.05) is 17.8 Å². The average molecular weight is 420 g/mol. The Bertz CT molecular complexity index is 849. The molecule has 1 atom stereocenters. The van der Waals surface area contributed by atoms with Crippen molar-refractivity contribution in [3.63, 3.8) is 0 Å². The zero-order valence-electron chi connectivity index (χ0n) is 16.6. The van der Waals surface area contributed by atoms with Crippen LogP contribution in [0.25, 0.3) is 5.69 Å². The number of likely N-dealkylation sites (tertiary alicyclic amines) is 1. The first-order valence-corrected chi connectivity index (χ1v) is 11.0. The molecule has 0 N–H and O–H groups in total. The number of benzene rings is 1. The summed E-state index contributed by atoms with van der Waals surface area (Å²) < 4.78 is 21.2. The van der Waals surface area contributed by atoms with Gasteiger partial charge in [0, 0.05) is 26.2 Å². The quantitative estimate of drug-likeness (QED) is 0.695. The lowest BCUT2D eigenvalue weighted by Crippen LogP contribution is -2.40. The highest BCUT2D eigenvalue weighted by molar-refractivity contribution is 8.00. The average Bonchev–Trinajstić information content (AvgIpc) is 3.18. The smallest absolute Gasteiger partial charge is 0.235 e. The summed E-state index contributed by atoms with van der Waals surface area (Å²) in [4.78, 5) is 16.9. The third-order valence-electron chi connectivity index (χ3n) is 5.27. The van der Waals surface area contributed by atoms with Crippen molar-refractivity contribution in [2.45, 2.75) is 36.6 Å². The predicted molar refractivity (Wildman–Crippen MR) is 110 cm³/mol. The molecule has 1 aromatic heterocycles. The molecule has 0 unspecified atom stereocenters.